The lowest BCUT2D eigenvalue weighted by Crippen LogP contribution is -2.35. The van der Waals surface area contributed by atoms with Gasteiger partial charge < -0.3 is 4.90 Å². The van der Waals surface area contributed by atoms with Crippen LogP contribution in [-0.2, 0) is 6.42 Å². The van der Waals surface area contributed by atoms with Crippen LogP contribution in [0.5, 0.6) is 0 Å². The highest BCUT2D eigenvalue weighted by atomic mass is 35.5. The molecule has 0 amide bonds. The summed E-state index contributed by atoms with van der Waals surface area (Å²) in [5.41, 5.74) is 1.09. The number of aromatic nitrogens is 2. The minimum absolute atomic E-state index is 0. The second-order valence-electron chi connectivity index (χ2n) is 5.23. The molecule has 1 aromatic heterocycles. The molecule has 0 aromatic carbocycles. The summed E-state index contributed by atoms with van der Waals surface area (Å²) in [6.45, 7) is 8.85. The standard InChI is InChI=1S/C14H23N3.ClH/c1-4-6-13-15-12(3)9-14(16-13)17-8-5-7-11(2)10-17;/h9,11H,4-8,10H2,1-3H3;1H. The highest BCUT2D eigenvalue weighted by Gasteiger charge is 2.18. The van der Waals surface area contributed by atoms with E-state index in [9.17, 15) is 0 Å². The summed E-state index contributed by atoms with van der Waals surface area (Å²) in [6, 6.07) is 2.12. The van der Waals surface area contributed by atoms with Crippen LogP contribution < -0.4 is 4.90 Å². The zero-order chi connectivity index (χ0) is 12.3. The molecule has 2 heterocycles. The minimum Gasteiger partial charge on any atom is -0.356 e. The first kappa shape index (κ1) is 15.2. The molecule has 1 fully saturated rings. The largest absolute Gasteiger partial charge is 0.356 e. The third-order valence-corrected chi connectivity index (χ3v) is 3.34. The van der Waals surface area contributed by atoms with E-state index in [4.69, 9.17) is 4.98 Å². The summed E-state index contributed by atoms with van der Waals surface area (Å²) in [5.74, 6) is 2.92. The van der Waals surface area contributed by atoms with Crippen molar-refractivity contribution in [1.29, 1.82) is 0 Å². The van der Waals surface area contributed by atoms with E-state index in [0.717, 1.165) is 49.2 Å². The van der Waals surface area contributed by atoms with E-state index >= 15 is 0 Å². The van der Waals surface area contributed by atoms with Gasteiger partial charge in [-0.3, -0.25) is 0 Å². The van der Waals surface area contributed by atoms with Gasteiger partial charge in [0.25, 0.3) is 0 Å². The third-order valence-electron chi connectivity index (χ3n) is 3.34. The Bertz CT molecular complexity index is 381. The molecule has 2 rings (SSSR count). The van der Waals surface area contributed by atoms with Crippen LogP contribution in [0.3, 0.4) is 0 Å². The van der Waals surface area contributed by atoms with Crippen molar-refractivity contribution in [3.63, 3.8) is 0 Å². The van der Waals surface area contributed by atoms with Crippen molar-refractivity contribution < 1.29 is 0 Å². The van der Waals surface area contributed by atoms with Crippen LogP contribution >= 0.6 is 12.4 Å². The Hall–Kier alpha value is -0.830. The molecule has 1 unspecified atom stereocenters. The number of hydrogen-bond donors (Lipinski definition) is 0. The predicted molar refractivity (Wildman–Crippen MR) is 78.6 cm³/mol. The summed E-state index contributed by atoms with van der Waals surface area (Å²) in [4.78, 5) is 11.6. The highest BCUT2D eigenvalue weighted by molar-refractivity contribution is 5.85. The number of rotatable bonds is 3. The maximum atomic E-state index is 4.70. The van der Waals surface area contributed by atoms with Crippen molar-refractivity contribution in [2.75, 3.05) is 18.0 Å². The second-order valence-corrected chi connectivity index (χ2v) is 5.23. The number of piperidine rings is 1. The molecule has 0 spiro atoms. The molecule has 1 aliphatic heterocycles. The second kappa shape index (κ2) is 6.93. The first-order chi connectivity index (χ1) is 8.19. The Kier molecular flexibility index (Phi) is 5.86. The molecule has 0 radical (unpaired) electrons. The average Bonchev–Trinajstić information content (AvgIpc) is 2.28. The summed E-state index contributed by atoms with van der Waals surface area (Å²) in [6.07, 6.45) is 4.73. The van der Waals surface area contributed by atoms with Crippen LogP contribution in [0.1, 0.15) is 44.6 Å². The van der Waals surface area contributed by atoms with Gasteiger partial charge in [0.2, 0.25) is 0 Å². The Labute approximate surface area is 116 Å². The van der Waals surface area contributed by atoms with Crippen molar-refractivity contribution in [3.8, 4) is 0 Å². The Morgan fingerprint density at radius 1 is 1.39 bits per heavy atom. The van der Waals surface area contributed by atoms with Crippen molar-refractivity contribution in [1.82, 2.24) is 9.97 Å². The van der Waals surface area contributed by atoms with Crippen molar-refractivity contribution in [2.45, 2.75) is 46.5 Å². The third kappa shape index (κ3) is 3.84. The molecule has 1 aromatic rings. The van der Waals surface area contributed by atoms with E-state index in [0.29, 0.717) is 0 Å². The molecule has 0 aliphatic carbocycles. The summed E-state index contributed by atoms with van der Waals surface area (Å²) >= 11 is 0. The van der Waals surface area contributed by atoms with Crippen LogP contribution in [0.2, 0.25) is 0 Å². The highest BCUT2D eigenvalue weighted by Crippen LogP contribution is 2.21. The molecule has 1 saturated heterocycles. The van der Waals surface area contributed by atoms with Crippen molar-refractivity contribution >= 4 is 18.2 Å². The quantitative estimate of drug-likeness (QED) is 0.842. The number of hydrogen-bond acceptors (Lipinski definition) is 3. The van der Waals surface area contributed by atoms with E-state index in [1.807, 2.05) is 0 Å². The fraction of sp³-hybridized carbons (Fsp3) is 0.714. The topological polar surface area (TPSA) is 29.0 Å². The molecule has 1 aliphatic rings. The van der Waals surface area contributed by atoms with Gasteiger partial charge in [-0.25, -0.2) is 9.97 Å². The van der Waals surface area contributed by atoms with Gasteiger partial charge in [-0.2, -0.15) is 0 Å². The first-order valence-corrected chi connectivity index (χ1v) is 6.78. The van der Waals surface area contributed by atoms with Crippen molar-refractivity contribution in [3.05, 3.63) is 17.6 Å². The van der Waals surface area contributed by atoms with E-state index in [1.54, 1.807) is 0 Å². The zero-order valence-electron chi connectivity index (χ0n) is 11.6. The normalized spacial score (nSPS) is 19.5. The van der Waals surface area contributed by atoms with Gasteiger partial charge in [0.15, 0.2) is 0 Å². The number of halogens is 1. The van der Waals surface area contributed by atoms with E-state index in [2.05, 4.69) is 36.7 Å². The maximum absolute atomic E-state index is 4.70. The molecular weight excluding hydrogens is 246 g/mol. The summed E-state index contributed by atoms with van der Waals surface area (Å²) in [5, 5.41) is 0. The number of anilines is 1. The summed E-state index contributed by atoms with van der Waals surface area (Å²) in [7, 11) is 0. The lowest BCUT2D eigenvalue weighted by molar-refractivity contribution is 0.444. The van der Waals surface area contributed by atoms with Gasteiger partial charge in [-0.05, 0) is 32.1 Å². The van der Waals surface area contributed by atoms with Crippen LogP contribution in [0.15, 0.2) is 6.07 Å². The number of nitrogens with zero attached hydrogens (tertiary/aromatic N) is 3. The monoisotopic (exact) mass is 269 g/mol. The van der Waals surface area contributed by atoms with E-state index < -0.39 is 0 Å². The zero-order valence-corrected chi connectivity index (χ0v) is 12.5. The first-order valence-electron chi connectivity index (χ1n) is 6.78. The lowest BCUT2D eigenvalue weighted by Gasteiger charge is -2.32. The minimum atomic E-state index is 0. The molecule has 102 valence electrons. The molecule has 3 nitrogen and oxygen atoms in total. The Morgan fingerprint density at radius 2 is 2.17 bits per heavy atom. The predicted octanol–water partition coefficient (Wildman–Crippen LogP) is 3.40. The van der Waals surface area contributed by atoms with Gasteiger partial charge in [-0.15, -0.1) is 12.4 Å². The Morgan fingerprint density at radius 3 is 2.83 bits per heavy atom. The van der Waals surface area contributed by atoms with E-state index in [-0.39, 0.29) is 12.4 Å². The van der Waals surface area contributed by atoms with Crippen LogP contribution in [0.25, 0.3) is 0 Å². The molecule has 0 N–H and O–H groups in total. The van der Waals surface area contributed by atoms with Gasteiger partial charge in [0.05, 0.1) is 0 Å². The fourth-order valence-corrected chi connectivity index (χ4v) is 2.51. The average molecular weight is 270 g/mol. The smallest absolute Gasteiger partial charge is 0.132 e. The van der Waals surface area contributed by atoms with Crippen LogP contribution in [-0.4, -0.2) is 23.1 Å². The molecule has 4 heteroatoms. The Balaban J connectivity index is 0.00000162. The lowest BCUT2D eigenvalue weighted by atomic mass is 10.0. The fourth-order valence-electron chi connectivity index (χ4n) is 2.51. The molecular formula is C14H24ClN3. The number of aryl methyl sites for hydroxylation is 2. The molecule has 0 saturated carbocycles. The van der Waals surface area contributed by atoms with Gasteiger partial charge in [-0.1, -0.05) is 13.8 Å². The van der Waals surface area contributed by atoms with Crippen molar-refractivity contribution in [2.24, 2.45) is 5.92 Å². The molecule has 1 atom stereocenters. The van der Waals surface area contributed by atoms with Crippen LogP contribution in [0, 0.1) is 12.8 Å². The van der Waals surface area contributed by atoms with E-state index in [1.165, 1.54) is 12.8 Å². The van der Waals surface area contributed by atoms with Crippen LogP contribution in [0.4, 0.5) is 5.82 Å². The summed E-state index contributed by atoms with van der Waals surface area (Å²) < 4.78 is 0. The maximum Gasteiger partial charge on any atom is 0.132 e. The van der Waals surface area contributed by atoms with Gasteiger partial charge in [0, 0.05) is 31.3 Å². The molecule has 18 heavy (non-hydrogen) atoms. The van der Waals surface area contributed by atoms with Gasteiger partial charge in [0.1, 0.15) is 11.6 Å². The van der Waals surface area contributed by atoms with Gasteiger partial charge >= 0.3 is 0 Å². The SMILES string of the molecule is CCCc1nc(C)cc(N2CCCC(C)C2)n1.Cl. The molecule has 0 bridgehead atoms.